The Balaban J connectivity index is 1.54. The highest BCUT2D eigenvalue weighted by Gasteiger charge is 2.08. The minimum atomic E-state index is -0.609. The predicted octanol–water partition coefficient (Wildman–Crippen LogP) is 2.11. The minimum absolute atomic E-state index is 0.239. The number of aromatic nitrogens is 3. The molecule has 0 aliphatic heterocycles. The summed E-state index contributed by atoms with van der Waals surface area (Å²) in [6.45, 7) is 0.636. The van der Waals surface area contributed by atoms with Gasteiger partial charge < -0.3 is 14.4 Å². The van der Waals surface area contributed by atoms with E-state index < -0.39 is 6.10 Å². The molecule has 0 radical (unpaired) electrons. The summed E-state index contributed by atoms with van der Waals surface area (Å²) in [5, 5.41) is 14.3. The number of hydrogen-bond donors (Lipinski definition) is 1. The summed E-state index contributed by atoms with van der Waals surface area (Å²) < 4.78 is 9.21. The van der Waals surface area contributed by atoms with Crippen molar-refractivity contribution in [1.29, 1.82) is 0 Å². The lowest BCUT2D eigenvalue weighted by Crippen LogP contribution is -2.23. The molecule has 1 atom stereocenters. The van der Waals surface area contributed by atoms with Crippen molar-refractivity contribution in [1.82, 2.24) is 14.3 Å². The van der Waals surface area contributed by atoms with Gasteiger partial charge in [0.2, 0.25) is 0 Å². The van der Waals surface area contributed by atoms with Crippen LogP contribution in [0.2, 0.25) is 0 Å². The summed E-state index contributed by atoms with van der Waals surface area (Å²) in [6.07, 6.45) is 6.96. The Bertz CT molecular complexity index is 662. The third kappa shape index (κ3) is 3.52. The fourth-order valence-corrected chi connectivity index (χ4v) is 2.07. The highest BCUT2D eigenvalue weighted by molar-refractivity contribution is 5.26. The number of hydrogen-bond acceptors (Lipinski definition) is 3. The van der Waals surface area contributed by atoms with Gasteiger partial charge in [0.05, 0.1) is 18.4 Å². The van der Waals surface area contributed by atoms with Gasteiger partial charge in [0.15, 0.2) is 0 Å². The van der Waals surface area contributed by atoms with E-state index in [2.05, 4.69) is 5.10 Å². The Labute approximate surface area is 123 Å². The van der Waals surface area contributed by atoms with E-state index in [0.717, 1.165) is 11.4 Å². The van der Waals surface area contributed by atoms with Gasteiger partial charge in [-0.1, -0.05) is 18.2 Å². The van der Waals surface area contributed by atoms with Gasteiger partial charge in [-0.2, -0.15) is 5.10 Å². The lowest BCUT2D eigenvalue weighted by molar-refractivity contribution is 0.0893. The summed E-state index contributed by atoms with van der Waals surface area (Å²) in [5.41, 5.74) is 0.969. The van der Waals surface area contributed by atoms with Crippen LogP contribution < -0.4 is 4.74 Å². The zero-order valence-electron chi connectivity index (χ0n) is 11.5. The molecule has 2 aromatic heterocycles. The number of aliphatic hydroxyl groups excluding tert-OH is 1. The van der Waals surface area contributed by atoms with Crippen molar-refractivity contribution in [2.24, 2.45) is 0 Å². The summed E-state index contributed by atoms with van der Waals surface area (Å²) in [6, 6.07) is 13.4. The molecule has 0 saturated carbocycles. The molecule has 5 nitrogen and oxygen atoms in total. The third-order valence-electron chi connectivity index (χ3n) is 3.11. The van der Waals surface area contributed by atoms with Crippen LogP contribution in [0.3, 0.4) is 0 Å². The molecule has 0 spiro atoms. The number of aliphatic hydroxyl groups is 1. The Hall–Kier alpha value is -2.53. The second kappa shape index (κ2) is 6.28. The maximum Gasteiger partial charge on any atom is 0.119 e. The molecular weight excluding hydrogens is 266 g/mol. The fourth-order valence-electron chi connectivity index (χ4n) is 2.07. The quantitative estimate of drug-likeness (QED) is 0.754. The molecular formula is C16H17N3O2. The SMILES string of the molecule is OC(COc1ccccc1)Cn1cc(-n2cccc2)cn1. The van der Waals surface area contributed by atoms with Crippen molar-refractivity contribution in [3.8, 4) is 11.4 Å². The molecule has 0 bridgehead atoms. The largest absolute Gasteiger partial charge is 0.491 e. The zero-order chi connectivity index (χ0) is 14.5. The molecule has 0 amide bonds. The van der Waals surface area contributed by atoms with E-state index in [-0.39, 0.29) is 6.61 Å². The lowest BCUT2D eigenvalue weighted by Gasteiger charge is -2.12. The topological polar surface area (TPSA) is 52.2 Å². The van der Waals surface area contributed by atoms with E-state index in [1.165, 1.54) is 0 Å². The first-order valence-electron chi connectivity index (χ1n) is 6.83. The van der Waals surface area contributed by atoms with Crippen LogP contribution in [0.25, 0.3) is 5.69 Å². The van der Waals surface area contributed by atoms with Crippen LogP contribution in [0, 0.1) is 0 Å². The average Bonchev–Trinajstić information content (AvgIpc) is 3.17. The van der Waals surface area contributed by atoms with Gasteiger partial charge in [-0.05, 0) is 24.3 Å². The Morgan fingerprint density at radius 1 is 1.10 bits per heavy atom. The van der Waals surface area contributed by atoms with Crippen molar-refractivity contribution in [2.45, 2.75) is 12.6 Å². The molecule has 1 unspecified atom stereocenters. The number of nitrogens with zero attached hydrogens (tertiary/aromatic N) is 3. The van der Waals surface area contributed by atoms with E-state index in [1.54, 1.807) is 10.9 Å². The van der Waals surface area contributed by atoms with Crippen molar-refractivity contribution < 1.29 is 9.84 Å². The first-order chi connectivity index (χ1) is 10.3. The third-order valence-corrected chi connectivity index (χ3v) is 3.11. The van der Waals surface area contributed by atoms with Crippen LogP contribution in [0.4, 0.5) is 0 Å². The smallest absolute Gasteiger partial charge is 0.119 e. The van der Waals surface area contributed by atoms with Crippen LogP contribution in [0.5, 0.6) is 5.75 Å². The summed E-state index contributed by atoms with van der Waals surface area (Å²) in [4.78, 5) is 0. The molecule has 3 aromatic rings. The number of para-hydroxylation sites is 1. The summed E-state index contributed by atoms with van der Waals surface area (Å²) >= 11 is 0. The highest BCUT2D eigenvalue weighted by atomic mass is 16.5. The Morgan fingerprint density at radius 3 is 2.62 bits per heavy atom. The van der Waals surface area contributed by atoms with Gasteiger partial charge in [-0.25, -0.2) is 0 Å². The first-order valence-corrected chi connectivity index (χ1v) is 6.83. The Morgan fingerprint density at radius 2 is 1.86 bits per heavy atom. The van der Waals surface area contributed by atoms with Crippen LogP contribution >= 0.6 is 0 Å². The molecule has 0 fully saturated rings. The van der Waals surface area contributed by atoms with E-state index in [1.807, 2.05) is 65.6 Å². The number of benzene rings is 1. The van der Waals surface area contributed by atoms with Crippen LogP contribution in [-0.2, 0) is 6.54 Å². The van der Waals surface area contributed by atoms with Gasteiger partial charge >= 0.3 is 0 Å². The van der Waals surface area contributed by atoms with Gasteiger partial charge in [-0.3, -0.25) is 4.68 Å². The molecule has 21 heavy (non-hydrogen) atoms. The molecule has 1 aromatic carbocycles. The standard InChI is InChI=1S/C16H17N3O2/c20-15(13-21-16-6-2-1-3-7-16)12-19-11-14(10-17-19)18-8-4-5-9-18/h1-11,15,20H,12-13H2. The second-order valence-corrected chi connectivity index (χ2v) is 4.79. The van der Waals surface area contributed by atoms with Crippen molar-refractivity contribution >= 4 is 0 Å². The molecule has 1 N–H and O–H groups in total. The molecule has 3 rings (SSSR count). The molecule has 108 valence electrons. The van der Waals surface area contributed by atoms with Crippen molar-refractivity contribution in [3.63, 3.8) is 0 Å². The van der Waals surface area contributed by atoms with Gasteiger partial charge in [0.1, 0.15) is 18.5 Å². The highest BCUT2D eigenvalue weighted by Crippen LogP contribution is 2.10. The maximum absolute atomic E-state index is 10.0. The normalized spacial score (nSPS) is 12.2. The van der Waals surface area contributed by atoms with Gasteiger partial charge in [0, 0.05) is 18.6 Å². The maximum atomic E-state index is 10.0. The van der Waals surface area contributed by atoms with E-state index in [9.17, 15) is 5.11 Å². The molecule has 5 heteroatoms. The van der Waals surface area contributed by atoms with Crippen molar-refractivity contribution in [2.75, 3.05) is 6.61 Å². The zero-order valence-corrected chi connectivity index (χ0v) is 11.5. The van der Waals surface area contributed by atoms with Gasteiger partial charge in [-0.15, -0.1) is 0 Å². The van der Waals surface area contributed by atoms with Crippen LogP contribution in [-0.4, -0.2) is 32.2 Å². The number of rotatable bonds is 6. The second-order valence-electron chi connectivity index (χ2n) is 4.79. The average molecular weight is 283 g/mol. The molecule has 0 aliphatic carbocycles. The van der Waals surface area contributed by atoms with Crippen LogP contribution in [0.1, 0.15) is 0 Å². The summed E-state index contributed by atoms with van der Waals surface area (Å²) in [5.74, 6) is 0.755. The van der Waals surface area contributed by atoms with Gasteiger partial charge in [0.25, 0.3) is 0 Å². The fraction of sp³-hybridized carbons (Fsp3) is 0.188. The van der Waals surface area contributed by atoms with Crippen molar-refractivity contribution in [3.05, 3.63) is 67.3 Å². The Kier molecular flexibility index (Phi) is 4.02. The first kappa shape index (κ1) is 13.5. The molecule has 0 aliphatic rings. The van der Waals surface area contributed by atoms with E-state index >= 15 is 0 Å². The predicted molar refractivity (Wildman–Crippen MR) is 79.5 cm³/mol. The van der Waals surface area contributed by atoms with E-state index in [4.69, 9.17) is 4.74 Å². The minimum Gasteiger partial charge on any atom is -0.491 e. The molecule has 2 heterocycles. The summed E-state index contributed by atoms with van der Waals surface area (Å²) in [7, 11) is 0. The lowest BCUT2D eigenvalue weighted by atomic mass is 10.3. The monoisotopic (exact) mass is 283 g/mol. The number of ether oxygens (including phenoxy) is 1. The van der Waals surface area contributed by atoms with Crippen LogP contribution in [0.15, 0.2) is 67.3 Å². The van der Waals surface area contributed by atoms with E-state index in [0.29, 0.717) is 6.54 Å². The molecule has 0 saturated heterocycles.